The number of ether oxygens (including phenoxy) is 1. The van der Waals surface area contributed by atoms with Crippen molar-refractivity contribution in [2.24, 2.45) is 0 Å². The van der Waals surface area contributed by atoms with Crippen molar-refractivity contribution in [3.8, 4) is 0 Å². The molecule has 4 nitrogen and oxygen atoms in total. The molecule has 1 N–H and O–H groups in total. The van der Waals surface area contributed by atoms with Crippen molar-refractivity contribution in [2.45, 2.75) is 59.0 Å². The molecular weight excluding hydrogens is 250 g/mol. The average molecular weight is 279 g/mol. The zero-order valence-electron chi connectivity index (χ0n) is 13.8. The zero-order chi connectivity index (χ0) is 15.2. The second-order valence-electron chi connectivity index (χ2n) is 5.27. The van der Waals surface area contributed by atoms with Crippen molar-refractivity contribution in [2.75, 3.05) is 20.7 Å². The van der Waals surface area contributed by atoms with Gasteiger partial charge >= 0.3 is 0 Å². The van der Waals surface area contributed by atoms with E-state index in [4.69, 9.17) is 14.7 Å². The van der Waals surface area contributed by atoms with Gasteiger partial charge in [-0.05, 0) is 51.8 Å². The van der Waals surface area contributed by atoms with Gasteiger partial charge in [0.25, 0.3) is 0 Å². The molecule has 0 spiro atoms. The van der Waals surface area contributed by atoms with Crippen LogP contribution in [-0.4, -0.2) is 30.7 Å². The fourth-order valence-electron chi connectivity index (χ4n) is 2.34. The summed E-state index contributed by atoms with van der Waals surface area (Å²) in [5.74, 6) is 0.824. The first-order valence-corrected chi connectivity index (χ1v) is 7.65. The predicted molar refractivity (Wildman–Crippen MR) is 83.1 cm³/mol. The van der Waals surface area contributed by atoms with Crippen molar-refractivity contribution in [3.05, 3.63) is 22.8 Å². The molecule has 1 atom stereocenters. The van der Waals surface area contributed by atoms with E-state index in [1.165, 1.54) is 17.0 Å². The van der Waals surface area contributed by atoms with Gasteiger partial charge in [-0.1, -0.05) is 20.8 Å². The summed E-state index contributed by atoms with van der Waals surface area (Å²) in [6.45, 7) is 9.45. The van der Waals surface area contributed by atoms with E-state index in [0.717, 1.165) is 38.1 Å². The standard InChI is InChI=1S/C16H29N3O/c1-7-13-12(10-11-17-5)14(8-2)19-15(18-13)16(4,9-3)20-6/h17H,7-11H2,1-6H3. The number of aryl methyl sites for hydroxylation is 2. The summed E-state index contributed by atoms with van der Waals surface area (Å²) in [6, 6.07) is 0. The molecule has 0 aliphatic heterocycles. The first kappa shape index (κ1) is 17.1. The molecular formula is C16H29N3O. The van der Waals surface area contributed by atoms with Crippen LogP contribution >= 0.6 is 0 Å². The smallest absolute Gasteiger partial charge is 0.160 e. The van der Waals surface area contributed by atoms with Crippen molar-refractivity contribution in [1.82, 2.24) is 15.3 Å². The lowest BCUT2D eigenvalue weighted by atomic mass is 9.99. The van der Waals surface area contributed by atoms with E-state index >= 15 is 0 Å². The molecule has 0 bridgehead atoms. The van der Waals surface area contributed by atoms with Crippen LogP contribution in [0.2, 0.25) is 0 Å². The zero-order valence-corrected chi connectivity index (χ0v) is 13.8. The molecule has 1 heterocycles. The minimum absolute atomic E-state index is 0.393. The molecule has 0 aromatic carbocycles. The third kappa shape index (κ3) is 3.55. The van der Waals surface area contributed by atoms with Crippen molar-refractivity contribution in [1.29, 1.82) is 0 Å². The number of hydrogen-bond donors (Lipinski definition) is 1. The normalized spacial score (nSPS) is 14.3. The SMILES string of the molecule is CCc1nc(C(C)(CC)OC)nc(CC)c1CCNC. The van der Waals surface area contributed by atoms with E-state index in [9.17, 15) is 0 Å². The Hall–Kier alpha value is -1.00. The van der Waals surface area contributed by atoms with Gasteiger partial charge in [0.15, 0.2) is 5.82 Å². The average Bonchev–Trinajstić information content (AvgIpc) is 2.51. The highest BCUT2D eigenvalue weighted by Crippen LogP contribution is 2.27. The van der Waals surface area contributed by atoms with Crippen LogP contribution in [0.5, 0.6) is 0 Å². The van der Waals surface area contributed by atoms with E-state index in [0.29, 0.717) is 0 Å². The third-order valence-corrected chi connectivity index (χ3v) is 4.07. The molecule has 4 heteroatoms. The summed E-state index contributed by atoms with van der Waals surface area (Å²) in [4.78, 5) is 9.61. The molecule has 0 saturated heterocycles. The van der Waals surface area contributed by atoms with Crippen molar-refractivity contribution >= 4 is 0 Å². The Kier molecular flexibility index (Phi) is 6.56. The fourth-order valence-corrected chi connectivity index (χ4v) is 2.34. The van der Waals surface area contributed by atoms with Crippen LogP contribution < -0.4 is 5.32 Å². The molecule has 1 unspecified atom stereocenters. The third-order valence-electron chi connectivity index (χ3n) is 4.07. The molecule has 0 saturated carbocycles. The highest BCUT2D eigenvalue weighted by atomic mass is 16.5. The lowest BCUT2D eigenvalue weighted by molar-refractivity contribution is -0.00935. The van der Waals surface area contributed by atoms with Crippen LogP contribution in [0.4, 0.5) is 0 Å². The molecule has 0 amide bonds. The van der Waals surface area contributed by atoms with Gasteiger partial charge in [-0.25, -0.2) is 9.97 Å². The van der Waals surface area contributed by atoms with E-state index in [2.05, 4.69) is 33.0 Å². The van der Waals surface area contributed by atoms with Gasteiger partial charge in [-0.2, -0.15) is 0 Å². The maximum Gasteiger partial charge on any atom is 0.160 e. The predicted octanol–water partition coefficient (Wildman–Crippen LogP) is 2.63. The largest absolute Gasteiger partial charge is 0.371 e. The lowest BCUT2D eigenvalue weighted by Gasteiger charge is -2.27. The van der Waals surface area contributed by atoms with Crippen LogP contribution in [0.15, 0.2) is 0 Å². The molecule has 0 aliphatic rings. The molecule has 20 heavy (non-hydrogen) atoms. The van der Waals surface area contributed by atoms with E-state index in [1.54, 1.807) is 7.11 Å². The Balaban J connectivity index is 3.31. The number of nitrogens with zero attached hydrogens (tertiary/aromatic N) is 2. The molecule has 1 aromatic heterocycles. The summed E-state index contributed by atoms with van der Waals surface area (Å²) >= 11 is 0. The minimum atomic E-state index is -0.393. The maximum absolute atomic E-state index is 5.66. The van der Waals surface area contributed by atoms with E-state index in [1.807, 2.05) is 7.05 Å². The molecule has 0 radical (unpaired) electrons. The summed E-state index contributed by atoms with van der Waals surface area (Å²) in [7, 11) is 3.71. The van der Waals surface area contributed by atoms with Gasteiger partial charge in [-0.3, -0.25) is 0 Å². The van der Waals surface area contributed by atoms with E-state index < -0.39 is 5.60 Å². The second-order valence-corrected chi connectivity index (χ2v) is 5.27. The number of aromatic nitrogens is 2. The summed E-state index contributed by atoms with van der Waals surface area (Å²) in [5.41, 5.74) is 3.25. The molecule has 0 fully saturated rings. The maximum atomic E-state index is 5.66. The van der Waals surface area contributed by atoms with Crippen molar-refractivity contribution < 1.29 is 4.74 Å². The number of likely N-dealkylation sites (N-methyl/N-ethyl adjacent to an activating group) is 1. The Labute approximate surface area is 123 Å². The quantitative estimate of drug-likeness (QED) is 0.794. The molecule has 114 valence electrons. The van der Waals surface area contributed by atoms with E-state index in [-0.39, 0.29) is 0 Å². The fraction of sp³-hybridized carbons (Fsp3) is 0.750. The summed E-state index contributed by atoms with van der Waals surface area (Å²) < 4.78 is 5.66. The van der Waals surface area contributed by atoms with Gasteiger partial charge in [0.2, 0.25) is 0 Å². The Morgan fingerprint density at radius 1 is 1.10 bits per heavy atom. The minimum Gasteiger partial charge on any atom is -0.371 e. The van der Waals surface area contributed by atoms with Gasteiger partial charge in [0, 0.05) is 18.5 Å². The van der Waals surface area contributed by atoms with Gasteiger partial charge < -0.3 is 10.1 Å². The van der Waals surface area contributed by atoms with Crippen LogP contribution in [0.25, 0.3) is 0 Å². The van der Waals surface area contributed by atoms with Crippen LogP contribution in [0.1, 0.15) is 56.9 Å². The number of nitrogens with one attached hydrogen (secondary N) is 1. The van der Waals surface area contributed by atoms with Gasteiger partial charge in [0.05, 0.1) is 0 Å². The second kappa shape index (κ2) is 7.70. The molecule has 1 rings (SSSR count). The summed E-state index contributed by atoms with van der Waals surface area (Å²) in [6.07, 6.45) is 3.72. The Morgan fingerprint density at radius 3 is 2.00 bits per heavy atom. The number of rotatable bonds is 8. The number of methoxy groups -OCH3 is 1. The first-order chi connectivity index (χ1) is 9.56. The molecule has 0 aliphatic carbocycles. The highest BCUT2D eigenvalue weighted by Gasteiger charge is 2.29. The molecule has 1 aromatic rings. The van der Waals surface area contributed by atoms with Crippen LogP contribution in [0.3, 0.4) is 0 Å². The van der Waals surface area contributed by atoms with Gasteiger partial charge in [0.1, 0.15) is 5.60 Å². The highest BCUT2D eigenvalue weighted by molar-refractivity contribution is 5.28. The lowest BCUT2D eigenvalue weighted by Crippen LogP contribution is -2.28. The summed E-state index contributed by atoms with van der Waals surface area (Å²) in [5, 5.41) is 3.21. The first-order valence-electron chi connectivity index (χ1n) is 7.65. The Morgan fingerprint density at radius 2 is 1.65 bits per heavy atom. The monoisotopic (exact) mass is 279 g/mol. The Bertz CT molecular complexity index is 403. The number of hydrogen-bond acceptors (Lipinski definition) is 4. The topological polar surface area (TPSA) is 47.0 Å². The van der Waals surface area contributed by atoms with Gasteiger partial charge in [-0.15, -0.1) is 0 Å². The van der Waals surface area contributed by atoms with Crippen molar-refractivity contribution in [3.63, 3.8) is 0 Å². The van der Waals surface area contributed by atoms with Crippen LogP contribution in [0, 0.1) is 0 Å². The van der Waals surface area contributed by atoms with Crippen LogP contribution in [-0.2, 0) is 29.6 Å².